The van der Waals surface area contributed by atoms with Crippen LogP contribution in [0.25, 0.3) is 0 Å². The highest BCUT2D eigenvalue weighted by Gasteiger charge is 2.41. The maximum Gasteiger partial charge on any atom is 0.168 e. The van der Waals surface area contributed by atoms with Crippen molar-refractivity contribution in [2.75, 3.05) is 44.3 Å². The van der Waals surface area contributed by atoms with Crippen molar-refractivity contribution in [3.8, 4) is 0 Å². The van der Waals surface area contributed by atoms with Gasteiger partial charge in [-0.1, -0.05) is 17.7 Å². The number of hydrogen-bond donors (Lipinski definition) is 0. The first-order valence-electron chi connectivity index (χ1n) is 8.77. The van der Waals surface area contributed by atoms with Crippen LogP contribution in [0, 0.1) is 0 Å². The van der Waals surface area contributed by atoms with Crippen molar-refractivity contribution in [2.24, 2.45) is 0 Å². The minimum absolute atomic E-state index is 0.237. The van der Waals surface area contributed by atoms with Gasteiger partial charge in [0.25, 0.3) is 0 Å². The Balaban J connectivity index is 1.30. The molecule has 1 saturated carbocycles. The molecule has 0 bridgehead atoms. The van der Waals surface area contributed by atoms with E-state index in [0.29, 0.717) is 6.04 Å². The molecule has 126 valence electrons. The van der Waals surface area contributed by atoms with Gasteiger partial charge in [-0.15, -0.1) is 0 Å². The Bertz CT molecular complexity index is 530. The van der Waals surface area contributed by atoms with Crippen LogP contribution in [0.15, 0.2) is 24.3 Å². The van der Waals surface area contributed by atoms with Gasteiger partial charge in [0.15, 0.2) is 5.79 Å². The van der Waals surface area contributed by atoms with E-state index in [2.05, 4.69) is 21.9 Å². The third-order valence-electron chi connectivity index (χ3n) is 5.53. The lowest BCUT2D eigenvalue weighted by Crippen LogP contribution is -2.52. The normalized spacial score (nSPS) is 26.0. The summed E-state index contributed by atoms with van der Waals surface area (Å²) in [5, 5.41) is 0.819. The molecule has 3 aliphatic rings. The van der Waals surface area contributed by atoms with Crippen LogP contribution in [0.3, 0.4) is 0 Å². The van der Waals surface area contributed by atoms with Gasteiger partial charge in [-0.2, -0.15) is 0 Å². The lowest BCUT2D eigenvalue weighted by atomic mass is 9.88. The number of ether oxygens (including phenoxy) is 2. The topological polar surface area (TPSA) is 24.9 Å². The average molecular weight is 337 g/mol. The van der Waals surface area contributed by atoms with Crippen molar-refractivity contribution < 1.29 is 9.47 Å². The van der Waals surface area contributed by atoms with Crippen LogP contribution in [0.4, 0.5) is 5.69 Å². The summed E-state index contributed by atoms with van der Waals surface area (Å²) in [6.45, 7) is 5.95. The number of rotatable bonds is 2. The molecule has 0 atom stereocenters. The molecule has 1 aromatic carbocycles. The minimum atomic E-state index is -0.237. The molecule has 2 heterocycles. The van der Waals surface area contributed by atoms with Crippen molar-refractivity contribution in [1.29, 1.82) is 0 Å². The van der Waals surface area contributed by atoms with Gasteiger partial charge < -0.3 is 14.4 Å². The van der Waals surface area contributed by atoms with Gasteiger partial charge in [0.2, 0.25) is 0 Å². The van der Waals surface area contributed by atoms with Gasteiger partial charge >= 0.3 is 0 Å². The van der Waals surface area contributed by atoms with Crippen molar-refractivity contribution in [3.05, 3.63) is 29.3 Å². The Morgan fingerprint density at radius 3 is 2.35 bits per heavy atom. The monoisotopic (exact) mass is 336 g/mol. The third kappa shape index (κ3) is 3.36. The second-order valence-corrected chi connectivity index (χ2v) is 7.28. The van der Waals surface area contributed by atoms with Crippen LogP contribution in [-0.2, 0) is 9.47 Å². The molecule has 1 aliphatic carbocycles. The molecule has 3 fully saturated rings. The van der Waals surface area contributed by atoms with E-state index >= 15 is 0 Å². The number of halogens is 1. The summed E-state index contributed by atoms with van der Waals surface area (Å²) >= 11 is 6.11. The zero-order valence-corrected chi connectivity index (χ0v) is 14.3. The van der Waals surface area contributed by atoms with Crippen LogP contribution in [0.2, 0.25) is 5.02 Å². The van der Waals surface area contributed by atoms with Gasteiger partial charge in [-0.25, -0.2) is 0 Å². The molecule has 0 radical (unpaired) electrons. The molecule has 4 nitrogen and oxygen atoms in total. The summed E-state index contributed by atoms with van der Waals surface area (Å²) in [4.78, 5) is 5.10. The molecule has 2 saturated heterocycles. The highest BCUT2D eigenvalue weighted by Crippen LogP contribution is 2.37. The molecule has 0 N–H and O–H groups in total. The summed E-state index contributed by atoms with van der Waals surface area (Å²) in [6, 6.07) is 8.88. The van der Waals surface area contributed by atoms with Crippen molar-refractivity contribution in [3.63, 3.8) is 0 Å². The fraction of sp³-hybridized carbons (Fsp3) is 0.667. The zero-order valence-electron chi connectivity index (χ0n) is 13.5. The fourth-order valence-electron chi connectivity index (χ4n) is 4.21. The zero-order chi connectivity index (χ0) is 15.7. The number of benzene rings is 1. The van der Waals surface area contributed by atoms with Gasteiger partial charge in [0, 0.05) is 55.8 Å². The van der Waals surface area contributed by atoms with E-state index in [4.69, 9.17) is 21.1 Å². The van der Waals surface area contributed by atoms with Crippen molar-refractivity contribution >= 4 is 17.3 Å². The van der Waals surface area contributed by atoms with E-state index in [9.17, 15) is 0 Å². The highest BCUT2D eigenvalue weighted by atomic mass is 35.5. The Hall–Kier alpha value is -0.810. The average Bonchev–Trinajstić information content (AvgIpc) is 3.04. The van der Waals surface area contributed by atoms with Crippen LogP contribution >= 0.6 is 11.6 Å². The SMILES string of the molecule is Clc1cccc(N2CCN(C3CCC4(CC3)OCCO4)CC2)c1. The summed E-state index contributed by atoms with van der Waals surface area (Å²) in [5.74, 6) is -0.237. The lowest BCUT2D eigenvalue weighted by Gasteiger charge is -2.44. The second-order valence-electron chi connectivity index (χ2n) is 6.84. The minimum Gasteiger partial charge on any atom is -0.369 e. The quantitative estimate of drug-likeness (QED) is 0.828. The molecule has 0 unspecified atom stereocenters. The summed E-state index contributed by atoms with van der Waals surface area (Å²) in [6.07, 6.45) is 4.48. The number of nitrogens with zero attached hydrogens (tertiary/aromatic N) is 2. The van der Waals surface area contributed by atoms with E-state index in [1.807, 2.05) is 12.1 Å². The third-order valence-corrected chi connectivity index (χ3v) is 5.77. The van der Waals surface area contributed by atoms with E-state index < -0.39 is 0 Å². The van der Waals surface area contributed by atoms with E-state index in [0.717, 1.165) is 57.3 Å². The molecule has 2 aliphatic heterocycles. The van der Waals surface area contributed by atoms with Crippen molar-refractivity contribution in [1.82, 2.24) is 4.90 Å². The Kier molecular flexibility index (Phi) is 4.50. The smallest absolute Gasteiger partial charge is 0.168 e. The van der Waals surface area contributed by atoms with Gasteiger partial charge in [-0.3, -0.25) is 4.90 Å². The van der Waals surface area contributed by atoms with Crippen LogP contribution in [0.1, 0.15) is 25.7 Å². The number of piperazine rings is 1. The summed E-state index contributed by atoms with van der Waals surface area (Å²) in [5.41, 5.74) is 1.24. The van der Waals surface area contributed by atoms with E-state index in [1.165, 1.54) is 18.5 Å². The maximum atomic E-state index is 6.11. The van der Waals surface area contributed by atoms with Gasteiger partial charge in [0.1, 0.15) is 0 Å². The number of hydrogen-bond acceptors (Lipinski definition) is 4. The van der Waals surface area contributed by atoms with Crippen molar-refractivity contribution in [2.45, 2.75) is 37.5 Å². The summed E-state index contributed by atoms with van der Waals surface area (Å²) in [7, 11) is 0. The molecule has 1 aromatic rings. The molecule has 0 amide bonds. The molecule has 4 rings (SSSR count). The number of anilines is 1. The van der Waals surface area contributed by atoms with Gasteiger partial charge in [-0.05, 0) is 31.0 Å². The maximum absolute atomic E-state index is 6.11. The second kappa shape index (κ2) is 6.60. The molecule has 5 heteroatoms. The van der Waals surface area contributed by atoms with Gasteiger partial charge in [0.05, 0.1) is 13.2 Å². The highest BCUT2D eigenvalue weighted by molar-refractivity contribution is 6.30. The van der Waals surface area contributed by atoms with E-state index in [-0.39, 0.29) is 5.79 Å². The molecular weight excluding hydrogens is 312 g/mol. The Labute approximate surface area is 143 Å². The van der Waals surface area contributed by atoms with Crippen LogP contribution < -0.4 is 4.90 Å². The largest absolute Gasteiger partial charge is 0.369 e. The fourth-order valence-corrected chi connectivity index (χ4v) is 4.40. The van der Waals surface area contributed by atoms with Crippen LogP contribution in [0.5, 0.6) is 0 Å². The predicted molar refractivity (Wildman–Crippen MR) is 92.1 cm³/mol. The predicted octanol–water partition coefficient (Wildman–Crippen LogP) is 3.15. The van der Waals surface area contributed by atoms with E-state index in [1.54, 1.807) is 0 Å². The Morgan fingerprint density at radius 1 is 1.00 bits per heavy atom. The molecule has 1 spiro atoms. The lowest BCUT2D eigenvalue weighted by molar-refractivity contribution is -0.184. The van der Waals surface area contributed by atoms with Crippen LogP contribution in [-0.4, -0.2) is 56.1 Å². The molecular formula is C18H25ClN2O2. The standard InChI is InChI=1S/C18H25ClN2O2/c19-15-2-1-3-17(14-15)21-10-8-20(9-11-21)16-4-6-18(7-5-16)22-12-13-23-18/h1-3,14,16H,4-13H2. The molecule has 0 aromatic heterocycles. The first-order valence-corrected chi connectivity index (χ1v) is 9.14. The first kappa shape index (κ1) is 15.7. The Morgan fingerprint density at radius 2 is 1.70 bits per heavy atom. The molecule has 23 heavy (non-hydrogen) atoms. The first-order chi connectivity index (χ1) is 11.2. The summed E-state index contributed by atoms with van der Waals surface area (Å²) < 4.78 is 11.7.